The van der Waals surface area contributed by atoms with Crippen molar-refractivity contribution in [3.05, 3.63) is 23.8 Å². The Bertz CT molecular complexity index is 256. The molecule has 2 N–H and O–H groups in total. The minimum atomic E-state index is -0.691. The first-order valence-electron chi connectivity index (χ1n) is 5.57. The van der Waals surface area contributed by atoms with Gasteiger partial charge in [-0.1, -0.05) is 24.6 Å². The Labute approximate surface area is 90.9 Å². The topological polar surface area (TPSA) is 49.3 Å². The van der Waals surface area contributed by atoms with Crippen LogP contribution >= 0.6 is 0 Å². The van der Waals surface area contributed by atoms with E-state index in [0.29, 0.717) is 6.42 Å². The first-order chi connectivity index (χ1) is 7.29. The predicted octanol–water partition coefficient (Wildman–Crippen LogP) is 2.11. The largest absolute Gasteiger partial charge is 0.481 e. The summed E-state index contributed by atoms with van der Waals surface area (Å²) in [5.41, 5.74) is 1.36. The zero-order valence-corrected chi connectivity index (χ0v) is 9.04. The lowest BCUT2D eigenvalue weighted by molar-refractivity contribution is -0.137. The molecule has 0 aliphatic heterocycles. The second-order valence-corrected chi connectivity index (χ2v) is 3.80. The third-order valence-electron chi connectivity index (χ3n) is 2.42. The van der Waals surface area contributed by atoms with Gasteiger partial charge >= 0.3 is 5.97 Å². The van der Waals surface area contributed by atoms with E-state index in [-0.39, 0.29) is 0 Å². The maximum Gasteiger partial charge on any atom is 0.303 e. The van der Waals surface area contributed by atoms with Gasteiger partial charge in [0.05, 0.1) is 0 Å². The molecule has 84 valence electrons. The molecule has 1 aliphatic carbocycles. The highest BCUT2D eigenvalue weighted by Crippen LogP contribution is 2.06. The molecule has 0 unspecified atom stereocenters. The highest BCUT2D eigenvalue weighted by molar-refractivity contribution is 5.66. The number of carboxylic acid groups (broad SMARTS) is 1. The van der Waals surface area contributed by atoms with Gasteiger partial charge in [-0.2, -0.15) is 0 Å². The maximum absolute atomic E-state index is 10.2. The molecule has 0 amide bonds. The summed E-state index contributed by atoms with van der Waals surface area (Å²) in [6.07, 6.45) is 10.7. The highest BCUT2D eigenvalue weighted by Gasteiger charge is 1.98. The Morgan fingerprint density at radius 3 is 2.93 bits per heavy atom. The van der Waals surface area contributed by atoms with Gasteiger partial charge in [-0.3, -0.25) is 4.79 Å². The van der Waals surface area contributed by atoms with Gasteiger partial charge in [-0.15, -0.1) is 0 Å². The van der Waals surface area contributed by atoms with Gasteiger partial charge in [0.25, 0.3) is 0 Å². The van der Waals surface area contributed by atoms with Crippen LogP contribution in [0.1, 0.15) is 32.1 Å². The van der Waals surface area contributed by atoms with E-state index in [2.05, 4.69) is 23.5 Å². The van der Waals surface area contributed by atoms with Gasteiger partial charge in [0, 0.05) is 13.0 Å². The van der Waals surface area contributed by atoms with E-state index in [1.54, 1.807) is 0 Å². The molecule has 0 saturated carbocycles. The van der Waals surface area contributed by atoms with Gasteiger partial charge < -0.3 is 10.4 Å². The SMILES string of the molecule is O=C(O)CCCCCNCC1=CCC=C1. The Balaban J connectivity index is 1.85. The van der Waals surface area contributed by atoms with Crippen LogP contribution in [-0.2, 0) is 4.79 Å². The summed E-state index contributed by atoms with van der Waals surface area (Å²) in [4.78, 5) is 10.2. The first-order valence-corrected chi connectivity index (χ1v) is 5.57. The Kier molecular flexibility index (Phi) is 5.78. The Morgan fingerprint density at radius 1 is 1.40 bits per heavy atom. The monoisotopic (exact) mass is 209 g/mol. The number of unbranched alkanes of at least 4 members (excludes halogenated alkanes) is 2. The third-order valence-corrected chi connectivity index (χ3v) is 2.42. The van der Waals surface area contributed by atoms with Crippen LogP contribution in [0.2, 0.25) is 0 Å². The standard InChI is InChI=1S/C12H19NO2/c14-12(15)8-2-1-5-9-13-10-11-6-3-4-7-11/h3,6-7,13H,1-2,4-5,8-10H2,(H,14,15). The molecule has 0 atom stereocenters. The number of carboxylic acids is 1. The lowest BCUT2D eigenvalue weighted by Gasteiger charge is -2.03. The lowest BCUT2D eigenvalue weighted by Crippen LogP contribution is -2.17. The van der Waals surface area contributed by atoms with E-state index in [4.69, 9.17) is 5.11 Å². The van der Waals surface area contributed by atoms with Crippen molar-refractivity contribution in [1.82, 2.24) is 5.32 Å². The molecular formula is C12H19NO2. The summed E-state index contributed by atoms with van der Waals surface area (Å²) >= 11 is 0. The maximum atomic E-state index is 10.2. The smallest absolute Gasteiger partial charge is 0.303 e. The van der Waals surface area contributed by atoms with Crippen molar-refractivity contribution < 1.29 is 9.90 Å². The van der Waals surface area contributed by atoms with Crippen LogP contribution in [0.15, 0.2) is 23.8 Å². The average Bonchev–Trinajstić information content (AvgIpc) is 2.68. The van der Waals surface area contributed by atoms with Gasteiger partial charge in [0.15, 0.2) is 0 Å². The van der Waals surface area contributed by atoms with E-state index in [0.717, 1.165) is 38.8 Å². The van der Waals surface area contributed by atoms with Crippen molar-refractivity contribution in [2.24, 2.45) is 0 Å². The minimum absolute atomic E-state index is 0.299. The zero-order valence-electron chi connectivity index (χ0n) is 9.04. The van der Waals surface area contributed by atoms with E-state index in [9.17, 15) is 4.79 Å². The molecule has 0 aromatic rings. The van der Waals surface area contributed by atoms with E-state index in [1.165, 1.54) is 5.57 Å². The normalized spacial score (nSPS) is 14.3. The zero-order chi connectivity index (χ0) is 10.9. The van der Waals surface area contributed by atoms with Crippen molar-refractivity contribution in [3.8, 4) is 0 Å². The van der Waals surface area contributed by atoms with Crippen LogP contribution < -0.4 is 5.32 Å². The third kappa shape index (κ3) is 6.07. The predicted molar refractivity (Wildman–Crippen MR) is 60.8 cm³/mol. The lowest BCUT2D eigenvalue weighted by atomic mass is 10.2. The van der Waals surface area contributed by atoms with Crippen LogP contribution in [0.5, 0.6) is 0 Å². The molecule has 0 saturated heterocycles. The summed E-state index contributed by atoms with van der Waals surface area (Å²) in [5.74, 6) is -0.691. The van der Waals surface area contributed by atoms with Gasteiger partial charge in [0.2, 0.25) is 0 Å². The van der Waals surface area contributed by atoms with Crippen LogP contribution in [0, 0.1) is 0 Å². The number of carbonyl (C=O) groups is 1. The van der Waals surface area contributed by atoms with E-state index < -0.39 is 5.97 Å². The van der Waals surface area contributed by atoms with Crippen molar-refractivity contribution in [3.63, 3.8) is 0 Å². The van der Waals surface area contributed by atoms with E-state index >= 15 is 0 Å². The molecule has 1 rings (SSSR count). The summed E-state index contributed by atoms with van der Waals surface area (Å²) in [5, 5.41) is 11.8. The number of hydrogen-bond donors (Lipinski definition) is 2. The first kappa shape index (κ1) is 12.0. The van der Waals surface area contributed by atoms with Gasteiger partial charge in [-0.25, -0.2) is 0 Å². The molecule has 0 fully saturated rings. The average molecular weight is 209 g/mol. The summed E-state index contributed by atoms with van der Waals surface area (Å²) in [6, 6.07) is 0. The highest BCUT2D eigenvalue weighted by atomic mass is 16.4. The van der Waals surface area contributed by atoms with Crippen LogP contribution in [0.25, 0.3) is 0 Å². The van der Waals surface area contributed by atoms with Crippen LogP contribution in [0.3, 0.4) is 0 Å². The van der Waals surface area contributed by atoms with Gasteiger partial charge in [-0.05, 0) is 31.4 Å². The fourth-order valence-corrected chi connectivity index (χ4v) is 1.57. The molecule has 3 nitrogen and oxygen atoms in total. The number of rotatable bonds is 8. The molecule has 1 aliphatic rings. The minimum Gasteiger partial charge on any atom is -0.481 e. The second-order valence-electron chi connectivity index (χ2n) is 3.80. The number of allylic oxidation sites excluding steroid dienone is 2. The Morgan fingerprint density at radius 2 is 2.27 bits per heavy atom. The summed E-state index contributed by atoms with van der Waals surface area (Å²) in [7, 11) is 0. The number of hydrogen-bond acceptors (Lipinski definition) is 2. The molecular weight excluding hydrogens is 190 g/mol. The number of nitrogens with one attached hydrogen (secondary N) is 1. The molecule has 0 aromatic carbocycles. The van der Waals surface area contributed by atoms with Crippen molar-refractivity contribution >= 4 is 5.97 Å². The van der Waals surface area contributed by atoms with Crippen LogP contribution in [-0.4, -0.2) is 24.2 Å². The van der Waals surface area contributed by atoms with Gasteiger partial charge in [0.1, 0.15) is 0 Å². The molecule has 3 heteroatoms. The molecule has 0 radical (unpaired) electrons. The van der Waals surface area contributed by atoms with Crippen LogP contribution in [0.4, 0.5) is 0 Å². The summed E-state index contributed by atoms with van der Waals surface area (Å²) in [6.45, 7) is 1.92. The fraction of sp³-hybridized carbons (Fsp3) is 0.583. The quantitative estimate of drug-likeness (QED) is 0.602. The van der Waals surface area contributed by atoms with Crippen molar-refractivity contribution in [1.29, 1.82) is 0 Å². The fourth-order valence-electron chi connectivity index (χ4n) is 1.57. The van der Waals surface area contributed by atoms with Crippen molar-refractivity contribution in [2.75, 3.05) is 13.1 Å². The molecule has 0 aromatic heterocycles. The Hall–Kier alpha value is -1.09. The number of aliphatic carboxylic acids is 1. The van der Waals surface area contributed by atoms with E-state index in [1.807, 2.05) is 0 Å². The van der Waals surface area contributed by atoms with Crippen molar-refractivity contribution in [2.45, 2.75) is 32.1 Å². The molecule has 0 heterocycles. The second kappa shape index (κ2) is 7.23. The summed E-state index contributed by atoms with van der Waals surface area (Å²) < 4.78 is 0. The molecule has 15 heavy (non-hydrogen) atoms. The molecule has 0 spiro atoms. The molecule has 0 bridgehead atoms.